The van der Waals surface area contributed by atoms with E-state index in [0.717, 1.165) is 5.56 Å². The summed E-state index contributed by atoms with van der Waals surface area (Å²) in [5.41, 5.74) is 0.775. The van der Waals surface area contributed by atoms with Crippen LogP contribution in [0.4, 0.5) is 15.4 Å². The number of alkyl halides is 3. The van der Waals surface area contributed by atoms with E-state index in [0.29, 0.717) is 49.7 Å². The Balaban J connectivity index is 1.93. The normalized spacial score (nSPS) is 16.8. The Morgan fingerprint density at radius 3 is 2.42 bits per heavy atom. The quantitative estimate of drug-likeness (QED) is 0.183. The molecule has 1 aliphatic heterocycles. The second-order valence-corrected chi connectivity index (χ2v) is 15.7. The maximum atomic E-state index is 14.5. The molecule has 0 unspecified atom stereocenters. The predicted molar refractivity (Wildman–Crippen MR) is 187 cm³/mol. The lowest BCUT2D eigenvalue weighted by atomic mass is 9.95. The van der Waals surface area contributed by atoms with Crippen LogP contribution in [0.5, 0.6) is 0 Å². The maximum Gasteiger partial charge on any atom is 0.410 e. The largest absolute Gasteiger partial charge is 0.445 e. The first-order valence-electron chi connectivity index (χ1n) is 15.9. The zero-order chi connectivity index (χ0) is 35.5. The number of carbonyl (C=O) groups excluding carboxylic acids is 3. The Bertz CT molecular complexity index is 1360. The van der Waals surface area contributed by atoms with E-state index in [1.807, 2.05) is 65.0 Å². The van der Waals surface area contributed by atoms with Crippen LogP contribution in [0.25, 0.3) is 0 Å². The number of ether oxygens (including phenoxy) is 3. The number of hydrogen-bond acceptors (Lipinski definition) is 9. The Morgan fingerprint density at radius 1 is 1.08 bits per heavy atom. The summed E-state index contributed by atoms with van der Waals surface area (Å²) >= 11 is 17.3. The molecule has 1 aromatic carbocycles. The van der Waals surface area contributed by atoms with Crippen LogP contribution in [-0.2, 0) is 26.2 Å². The standard InChI is InChI=1S/C33H47Cl3N6O6/c1-22(2)17-42(28(43)26-16-38-29(32(3,4)5)40-27(26)37-13-10-14-46-6)25-15-24(39-30(44)48-21-33(34,35)36)18-41(19-25)31(45)47-20-23-11-8-7-9-12-23/h7-9,11-12,16,22,24-25H,10,13-15,17-21H2,1-6H3,(H,39,44)(H,37,38,40)/t24-,25+/m1/s1. The van der Waals surface area contributed by atoms with Gasteiger partial charge in [-0.05, 0) is 24.3 Å². The summed E-state index contributed by atoms with van der Waals surface area (Å²) in [4.78, 5) is 53.1. The fourth-order valence-corrected chi connectivity index (χ4v) is 5.29. The van der Waals surface area contributed by atoms with E-state index in [1.54, 1.807) is 18.2 Å². The Labute approximate surface area is 298 Å². The van der Waals surface area contributed by atoms with Crippen molar-refractivity contribution in [3.05, 3.63) is 53.5 Å². The number of nitrogens with zero attached hydrogens (tertiary/aromatic N) is 4. The van der Waals surface area contributed by atoms with E-state index in [-0.39, 0.29) is 36.9 Å². The van der Waals surface area contributed by atoms with Crippen molar-refractivity contribution in [2.24, 2.45) is 5.92 Å². The van der Waals surface area contributed by atoms with Crippen LogP contribution in [0.3, 0.4) is 0 Å². The molecule has 0 bridgehead atoms. The fraction of sp³-hybridized carbons (Fsp3) is 0.606. The minimum absolute atomic E-state index is 0.0639. The van der Waals surface area contributed by atoms with Crippen LogP contribution in [0.1, 0.15) is 69.2 Å². The lowest BCUT2D eigenvalue weighted by Crippen LogP contribution is -2.60. The van der Waals surface area contributed by atoms with Crippen molar-refractivity contribution in [1.82, 2.24) is 25.1 Å². The molecule has 1 aliphatic rings. The van der Waals surface area contributed by atoms with Gasteiger partial charge in [0.25, 0.3) is 5.91 Å². The number of amides is 3. The number of nitrogens with one attached hydrogen (secondary N) is 2. The summed E-state index contributed by atoms with van der Waals surface area (Å²) in [7, 11) is 1.63. The molecule has 12 nitrogen and oxygen atoms in total. The predicted octanol–water partition coefficient (Wildman–Crippen LogP) is 6.20. The second kappa shape index (κ2) is 18.1. The lowest BCUT2D eigenvalue weighted by Gasteiger charge is -2.43. The second-order valence-electron chi connectivity index (χ2n) is 13.2. The van der Waals surface area contributed by atoms with Crippen LogP contribution < -0.4 is 10.6 Å². The number of carbonyl (C=O) groups is 3. The van der Waals surface area contributed by atoms with Gasteiger partial charge in [-0.1, -0.05) is 99.8 Å². The zero-order valence-electron chi connectivity index (χ0n) is 28.4. The number of rotatable bonds is 13. The van der Waals surface area contributed by atoms with Crippen molar-refractivity contribution < 1.29 is 28.6 Å². The van der Waals surface area contributed by atoms with Gasteiger partial charge in [-0.3, -0.25) is 4.79 Å². The van der Waals surface area contributed by atoms with Crippen molar-refractivity contribution in [1.29, 1.82) is 0 Å². The summed E-state index contributed by atoms with van der Waals surface area (Å²) in [6, 6.07) is 8.18. The molecular weight excluding hydrogens is 683 g/mol. The van der Waals surface area contributed by atoms with Crippen LogP contribution in [0.2, 0.25) is 0 Å². The molecule has 1 aromatic heterocycles. The fourth-order valence-electron chi connectivity index (χ4n) is 5.12. The highest BCUT2D eigenvalue weighted by Gasteiger charge is 2.38. The average molecular weight is 730 g/mol. The minimum Gasteiger partial charge on any atom is -0.445 e. The Kier molecular flexibility index (Phi) is 14.8. The molecule has 0 radical (unpaired) electrons. The molecule has 0 saturated carbocycles. The molecule has 48 heavy (non-hydrogen) atoms. The first-order valence-corrected chi connectivity index (χ1v) is 17.1. The molecule has 3 rings (SSSR count). The topological polar surface area (TPSA) is 135 Å². The number of hydrogen-bond donors (Lipinski definition) is 2. The Morgan fingerprint density at radius 2 is 1.79 bits per heavy atom. The van der Waals surface area contributed by atoms with E-state index < -0.39 is 34.7 Å². The lowest BCUT2D eigenvalue weighted by molar-refractivity contribution is 0.0365. The van der Waals surface area contributed by atoms with Gasteiger partial charge in [0.1, 0.15) is 30.4 Å². The van der Waals surface area contributed by atoms with E-state index in [9.17, 15) is 14.4 Å². The van der Waals surface area contributed by atoms with E-state index in [2.05, 4.69) is 15.6 Å². The van der Waals surface area contributed by atoms with Gasteiger partial charge in [0.15, 0.2) is 0 Å². The zero-order valence-corrected chi connectivity index (χ0v) is 30.7. The summed E-state index contributed by atoms with van der Waals surface area (Å²) < 4.78 is 14.1. The van der Waals surface area contributed by atoms with E-state index in [4.69, 9.17) is 54.0 Å². The van der Waals surface area contributed by atoms with Crippen molar-refractivity contribution in [3.8, 4) is 0 Å². The Hall–Kier alpha value is -3.06. The number of halogens is 3. The van der Waals surface area contributed by atoms with Gasteiger partial charge in [-0.25, -0.2) is 19.6 Å². The molecule has 2 heterocycles. The molecule has 1 fully saturated rings. The van der Waals surface area contributed by atoms with Gasteiger partial charge >= 0.3 is 12.2 Å². The van der Waals surface area contributed by atoms with Crippen molar-refractivity contribution in [2.75, 3.05) is 51.8 Å². The highest BCUT2D eigenvalue weighted by molar-refractivity contribution is 6.67. The molecule has 0 aliphatic carbocycles. The molecule has 2 atom stereocenters. The van der Waals surface area contributed by atoms with Gasteiger partial charge in [-0.2, -0.15) is 0 Å². The summed E-state index contributed by atoms with van der Waals surface area (Å²) in [6.45, 7) is 11.3. The number of anilines is 1. The van der Waals surface area contributed by atoms with Gasteiger partial charge in [0, 0.05) is 51.5 Å². The van der Waals surface area contributed by atoms with Crippen molar-refractivity contribution >= 4 is 58.7 Å². The molecule has 2 N–H and O–H groups in total. The summed E-state index contributed by atoms with van der Waals surface area (Å²) in [5.74, 6) is 0.777. The number of alkyl carbamates (subject to hydrolysis) is 1. The molecule has 0 spiro atoms. The van der Waals surface area contributed by atoms with Gasteiger partial charge in [0.05, 0.1) is 12.1 Å². The van der Waals surface area contributed by atoms with Crippen LogP contribution >= 0.6 is 34.8 Å². The number of aromatic nitrogens is 2. The van der Waals surface area contributed by atoms with Crippen molar-refractivity contribution in [3.63, 3.8) is 0 Å². The first kappa shape index (κ1) is 39.4. The number of methoxy groups -OCH3 is 1. The minimum atomic E-state index is -1.79. The number of benzene rings is 1. The SMILES string of the molecule is COCCCNc1nc(C(C)(C)C)ncc1C(=O)N(CC(C)C)[C@H]1C[C@@H](NC(=O)OCC(Cl)(Cl)Cl)CN(C(=O)OCc2ccccc2)C1. The summed E-state index contributed by atoms with van der Waals surface area (Å²) in [6.07, 6.45) is 1.18. The number of likely N-dealkylation sites (tertiary alicyclic amines) is 1. The van der Waals surface area contributed by atoms with Crippen LogP contribution in [-0.4, -0.2) is 100 Å². The molecule has 1 saturated heterocycles. The average Bonchev–Trinajstić information content (AvgIpc) is 3.02. The van der Waals surface area contributed by atoms with Crippen LogP contribution in [0, 0.1) is 5.92 Å². The smallest absolute Gasteiger partial charge is 0.410 e. The third-order valence-electron chi connectivity index (χ3n) is 7.35. The molecular formula is C33H47Cl3N6O6. The van der Waals surface area contributed by atoms with Crippen molar-refractivity contribution in [2.45, 2.75) is 75.4 Å². The summed E-state index contributed by atoms with van der Waals surface area (Å²) in [5, 5.41) is 6.07. The first-order chi connectivity index (χ1) is 22.6. The monoisotopic (exact) mass is 728 g/mol. The maximum absolute atomic E-state index is 14.5. The number of piperidine rings is 1. The molecule has 15 heteroatoms. The molecule has 2 aromatic rings. The van der Waals surface area contributed by atoms with Crippen LogP contribution in [0.15, 0.2) is 36.5 Å². The van der Waals surface area contributed by atoms with Gasteiger partial charge in [0.2, 0.25) is 3.79 Å². The van der Waals surface area contributed by atoms with Gasteiger partial charge in [-0.15, -0.1) is 0 Å². The highest BCUT2D eigenvalue weighted by atomic mass is 35.6. The molecule has 266 valence electrons. The highest BCUT2D eigenvalue weighted by Crippen LogP contribution is 2.27. The molecule has 3 amide bonds. The van der Waals surface area contributed by atoms with E-state index >= 15 is 0 Å². The van der Waals surface area contributed by atoms with Gasteiger partial charge < -0.3 is 34.6 Å². The third-order valence-corrected chi connectivity index (χ3v) is 7.68. The van der Waals surface area contributed by atoms with E-state index in [1.165, 1.54) is 4.90 Å². The third kappa shape index (κ3) is 12.8.